The lowest BCUT2D eigenvalue weighted by Gasteiger charge is -2.36. The maximum Gasteiger partial charge on any atom is 0.254 e. The van der Waals surface area contributed by atoms with E-state index in [1.165, 1.54) is 0 Å². The zero-order chi connectivity index (χ0) is 17.8. The molecule has 3 rings (SSSR count). The van der Waals surface area contributed by atoms with Crippen molar-refractivity contribution >= 4 is 21.8 Å². The first kappa shape index (κ1) is 17.8. The van der Waals surface area contributed by atoms with Crippen LogP contribution in [-0.4, -0.2) is 44.8 Å². The largest absolute Gasteiger partial charge is 0.495 e. The molecular formula is C19H20BrNO4. The Morgan fingerprint density at radius 3 is 2.40 bits per heavy atom. The van der Waals surface area contributed by atoms with Gasteiger partial charge in [-0.25, -0.2) is 0 Å². The van der Waals surface area contributed by atoms with E-state index >= 15 is 0 Å². The van der Waals surface area contributed by atoms with Gasteiger partial charge in [-0.1, -0.05) is 30.3 Å². The molecular weight excluding hydrogens is 386 g/mol. The highest BCUT2D eigenvalue weighted by atomic mass is 79.9. The molecule has 1 heterocycles. The molecule has 5 nitrogen and oxygen atoms in total. The van der Waals surface area contributed by atoms with Crippen LogP contribution in [0.2, 0.25) is 0 Å². The Bertz CT molecular complexity index is 725. The van der Waals surface area contributed by atoms with E-state index in [0.29, 0.717) is 41.3 Å². The summed E-state index contributed by atoms with van der Waals surface area (Å²) in [6, 6.07) is 13.3. The molecule has 132 valence electrons. The third kappa shape index (κ3) is 3.65. The molecule has 0 spiro atoms. The fourth-order valence-corrected chi connectivity index (χ4v) is 3.51. The molecule has 2 aromatic rings. The number of rotatable bonds is 4. The summed E-state index contributed by atoms with van der Waals surface area (Å²) < 4.78 is 17.0. The van der Waals surface area contributed by atoms with Crippen molar-refractivity contribution in [2.75, 3.05) is 34.0 Å². The third-order valence-corrected chi connectivity index (χ3v) is 5.05. The molecule has 0 saturated carbocycles. The van der Waals surface area contributed by atoms with Gasteiger partial charge in [-0.15, -0.1) is 0 Å². The number of nitrogens with zero attached hydrogens (tertiary/aromatic N) is 1. The number of hydrogen-bond donors (Lipinski definition) is 0. The van der Waals surface area contributed by atoms with Crippen LogP contribution in [0.15, 0.2) is 46.9 Å². The van der Waals surface area contributed by atoms with Crippen LogP contribution in [0.3, 0.4) is 0 Å². The van der Waals surface area contributed by atoms with Crippen molar-refractivity contribution in [3.8, 4) is 11.5 Å². The van der Waals surface area contributed by atoms with Crippen molar-refractivity contribution in [2.24, 2.45) is 0 Å². The van der Waals surface area contributed by atoms with Crippen LogP contribution in [0.4, 0.5) is 0 Å². The highest BCUT2D eigenvalue weighted by molar-refractivity contribution is 9.10. The van der Waals surface area contributed by atoms with Crippen LogP contribution in [0, 0.1) is 0 Å². The van der Waals surface area contributed by atoms with Crippen molar-refractivity contribution in [2.45, 2.75) is 6.04 Å². The van der Waals surface area contributed by atoms with Crippen molar-refractivity contribution in [1.82, 2.24) is 4.90 Å². The van der Waals surface area contributed by atoms with E-state index in [2.05, 4.69) is 15.9 Å². The Balaban J connectivity index is 1.95. The van der Waals surface area contributed by atoms with Gasteiger partial charge in [0, 0.05) is 12.1 Å². The van der Waals surface area contributed by atoms with Crippen LogP contribution in [-0.2, 0) is 4.74 Å². The zero-order valence-electron chi connectivity index (χ0n) is 14.2. The number of hydrogen-bond acceptors (Lipinski definition) is 4. The van der Waals surface area contributed by atoms with Gasteiger partial charge in [-0.05, 0) is 33.6 Å². The van der Waals surface area contributed by atoms with Crippen molar-refractivity contribution in [3.05, 3.63) is 58.1 Å². The summed E-state index contributed by atoms with van der Waals surface area (Å²) in [5.74, 6) is 1.06. The molecule has 1 amide bonds. The van der Waals surface area contributed by atoms with E-state index < -0.39 is 0 Å². The number of methoxy groups -OCH3 is 2. The minimum atomic E-state index is -0.108. The number of carbonyl (C=O) groups excluding carboxylic acids is 1. The fraction of sp³-hybridized carbons (Fsp3) is 0.316. The van der Waals surface area contributed by atoms with Gasteiger partial charge in [0.05, 0.1) is 33.5 Å². The normalized spacial score (nSPS) is 17.2. The van der Waals surface area contributed by atoms with Gasteiger partial charge >= 0.3 is 0 Å². The van der Waals surface area contributed by atoms with Gasteiger partial charge < -0.3 is 19.1 Å². The minimum absolute atomic E-state index is 0.0683. The summed E-state index contributed by atoms with van der Waals surface area (Å²) in [6.07, 6.45) is 0. The number of amides is 1. The maximum absolute atomic E-state index is 13.2. The monoisotopic (exact) mass is 405 g/mol. The zero-order valence-corrected chi connectivity index (χ0v) is 15.8. The third-order valence-electron chi connectivity index (χ3n) is 4.27. The first-order chi connectivity index (χ1) is 12.2. The van der Waals surface area contributed by atoms with Gasteiger partial charge in [-0.2, -0.15) is 0 Å². The molecule has 0 bridgehead atoms. The summed E-state index contributed by atoms with van der Waals surface area (Å²) in [4.78, 5) is 15.0. The van der Waals surface area contributed by atoms with Crippen molar-refractivity contribution in [1.29, 1.82) is 0 Å². The highest BCUT2D eigenvalue weighted by Gasteiger charge is 2.30. The molecule has 0 radical (unpaired) electrons. The summed E-state index contributed by atoms with van der Waals surface area (Å²) in [6.45, 7) is 1.56. The van der Waals surface area contributed by atoms with Crippen LogP contribution < -0.4 is 9.47 Å². The number of benzene rings is 2. The standard InChI is InChI=1S/C19H20BrNO4/c1-23-16-10-14(11-17(24-2)18(16)20)19(22)21-8-9-25-12-15(21)13-6-4-3-5-7-13/h3-7,10-11,15H,8-9,12H2,1-2H3/t15-/m1/s1. The average molecular weight is 406 g/mol. The van der Waals surface area contributed by atoms with E-state index in [1.807, 2.05) is 35.2 Å². The quantitative estimate of drug-likeness (QED) is 0.778. The number of ether oxygens (including phenoxy) is 3. The highest BCUT2D eigenvalue weighted by Crippen LogP contribution is 2.36. The fourth-order valence-electron chi connectivity index (χ4n) is 2.96. The summed E-state index contributed by atoms with van der Waals surface area (Å²) in [5.41, 5.74) is 1.59. The SMILES string of the molecule is COc1cc(C(=O)N2CCOC[C@@H]2c2ccccc2)cc(OC)c1Br. The Kier molecular flexibility index (Phi) is 5.60. The molecule has 1 saturated heterocycles. The first-order valence-corrected chi connectivity index (χ1v) is 8.80. The lowest BCUT2D eigenvalue weighted by atomic mass is 10.0. The lowest BCUT2D eigenvalue weighted by Crippen LogP contribution is -2.43. The molecule has 1 aliphatic rings. The van der Waals surface area contributed by atoms with Gasteiger partial charge in [0.1, 0.15) is 16.0 Å². The van der Waals surface area contributed by atoms with Crippen LogP contribution in [0.1, 0.15) is 22.0 Å². The summed E-state index contributed by atoms with van der Waals surface area (Å²) in [7, 11) is 3.13. The predicted molar refractivity (Wildman–Crippen MR) is 98.3 cm³/mol. The van der Waals surface area contributed by atoms with E-state index in [1.54, 1.807) is 26.4 Å². The second-order valence-electron chi connectivity index (χ2n) is 5.69. The molecule has 1 atom stereocenters. The minimum Gasteiger partial charge on any atom is -0.495 e. The molecule has 1 aliphatic heterocycles. The second-order valence-corrected chi connectivity index (χ2v) is 6.49. The molecule has 6 heteroatoms. The Hall–Kier alpha value is -2.05. The molecule has 25 heavy (non-hydrogen) atoms. The number of carbonyl (C=O) groups is 1. The first-order valence-electron chi connectivity index (χ1n) is 8.01. The molecule has 0 aromatic heterocycles. The van der Waals surface area contributed by atoms with Gasteiger partial charge in [-0.3, -0.25) is 4.79 Å². The second kappa shape index (κ2) is 7.89. The van der Waals surface area contributed by atoms with Gasteiger partial charge in [0.15, 0.2) is 0 Å². The summed E-state index contributed by atoms with van der Waals surface area (Å²) in [5, 5.41) is 0. The van der Waals surface area contributed by atoms with E-state index in [9.17, 15) is 4.79 Å². The van der Waals surface area contributed by atoms with Crippen molar-refractivity contribution < 1.29 is 19.0 Å². The smallest absolute Gasteiger partial charge is 0.254 e. The van der Waals surface area contributed by atoms with E-state index in [-0.39, 0.29) is 11.9 Å². The Morgan fingerprint density at radius 1 is 1.16 bits per heavy atom. The van der Waals surface area contributed by atoms with Gasteiger partial charge in [0.25, 0.3) is 5.91 Å². The van der Waals surface area contributed by atoms with Crippen molar-refractivity contribution in [3.63, 3.8) is 0 Å². The Labute approximate surface area is 155 Å². The van der Waals surface area contributed by atoms with Crippen LogP contribution in [0.25, 0.3) is 0 Å². The van der Waals surface area contributed by atoms with Crippen LogP contribution >= 0.6 is 15.9 Å². The summed E-state index contributed by atoms with van der Waals surface area (Å²) >= 11 is 3.43. The molecule has 0 unspecified atom stereocenters. The average Bonchev–Trinajstić information content (AvgIpc) is 2.68. The number of halogens is 1. The number of morpholine rings is 1. The Morgan fingerprint density at radius 2 is 1.80 bits per heavy atom. The molecule has 1 fully saturated rings. The predicted octanol–water partition coefficient (Wildman–Crippen LogP) is 3.68. The lowest BCUT2D eigenvalue weighted by molar-refractivity contribution is -0.00272. The molecule has 2 aromatic carbocycles. The van der Waals surface area contributed by atoms with Crippen LogP contribution in [0.5, 0.6) is 11.5 Å². The van der Waals surface area contributed by atoms with E-state index in [4.69, 9.17) is 14.2 Å². The van der Waals surface area contributed by atoms with E-state index in [0.717, 1.165) is 5.56 Å². The molecule has 0 N–H and O–H groups in total. The topological polar surface area (TPSA) is 48.0 Å². The molecule has 0 aliphatic carbocycles. The maximum atomic E-state index is 13.2. The van der Waals surface area contributed by atoms with Gasteiger partial charge in [0.2, 0.25) is 0 Å².